The summed E-state index contributed by atoms with van der Waals surface area (Å²) in [6.45, 7) is 3.72. The number of fused-ring (bicyclic) bond motifs is 3. The van der Waals surface area contributed by atoms with Crippen LogP contribution < -0.4 is 15.6 Å². The molecule has 1 atom stereocenters. The van der Waals surface area contributed by atoms with Crippen LogP contribution in [-0.4, -0.2) is 28.6 Å². The molecule has 2 aliphatic heterocycles. The first-order valence-electron chi connectivity index (χ1n) is 10.6. The minimum absolute atomic E-state index is 0.00184. The van der Waals surface area contributed by atoms with Gasteiger partial charge in [0.2, 0.25) is 0 Å². The summed E-state index contributed by atoms with van der Waals surface area (Å²) in [5.41, 5.74) is 1.93. The van der Waals surface area contributed by atoms with E-state index in [4.69, 9.17) is 9.72 Å². The maximum atomic E-state index is 13.1. The van der Waals surface area contributed by atoms with Gasteiger partial charge in [0.15, 0.2) is 0 Å². The molecule has 0 spiro atoms. The van der Waals surface area contributed by atoms with E-state index in [9.17, 15) is 9.59 Å². The van der Waals surface area contributed by atoms with Gasteiger partial charge in [-0.05, 0) is 43.4 Å². The first-order chi connectivity index (χ1) is 14.6. The van der Waals surface area contributed by atoms with E-state index < -0.39 is 0 Å². The van der Waals surface area contributed by atoms with E-state index in [0.29, 0.717) is 28.2 Å². The molecule has 0 radical (unpaired) electrons. The van der Waals surface area contributed by atoms with E-state index in [0.717, 1.165) is 55.8 Å². The first kappa shape index (κ1) is 19.3. The average molecular weight is 424 g/mol. The van der Waals surface area contributed by atoms with Crippen LogP contribution in [0.1, 0.15) is 45.9 Å². The van der Waals surface area contributed by atoms with Gasteiger partial charge in [-0.1, -0.05) is 24.6 Å². The van der Waals surface area contributed by atoms with Crippen molar-refractivity contribution in [1.29, 1.82) is 0 Å². The van der Waals surface area contributed by atoms with Crippen LogP contribution >= 0.6 is 11.3 Å². The number of thiophene rings is 1. The maximum Gasteiger partial charge on any atom is 0.262 e. The highest BCUT2D eigenvalue weighted by molar-refractivity contribution is 7.20. The lowest BCUT2D eigenvalue weighted by Crippen LogP contribution is -2.34. The van der Waals surface area contributed by atoms with Gasteiger partial charge in [0, 0.05) is 25.4 Å². The number of benzene rings is 1. The summed E-state index contributed by atoms with van der Waals surface area (Å²) in [5.74, 6) is 1.90. The number of hydrogen-bond donors (Lipinski definition) is 1. The number of aromatic nitrogens is 2. The number of rotatable bonds is 3. The second kappa shape index (κ2) is 7.87. The summed E-state index contributed by atoms with van der Waals surface area (Å²) < 4.78 is 7.64. The minimum atomic E-state index is -0.131. The lowest BCUT2D eigenvalue weighted by molar-refractivity contribution is 0.0942. The van der Waals surface area contributed by atoms with Crippen molar-refractivity contribution >= 4 is 27.5 Å². The summed E-state index contributed by atoms with van der Waals surface area (Å²) in [6.07, 6.45) is 4.90. The number of carbonyl (C=O) groups excluding carboxylic acids is 1. The second-order valence-corrected chi connectivity index (χ2v) is 9.23. The molecular weight excluding hydrogens is 398 g/mol. The van der Waals surface area contributed by atoms with Crippen LogP contribution in [0.15, 0.2) is 29.1 Å². The quantitative estimate of drug-likeness (QED) is 0.700. The normalized spacial score (nSPS) is 18.2. The Morgan fingerprint density at radius 2 is 2.17 bits per heavy atom. The summed E-state index contributed by atoms with van der Waals surface area (Å²) in [4.78, 5) is 32.1. The Morgan fingerprint density at radius 3 is 3.07 bits per heavy atom. The molecule has 0 bridgehead atoms. The van der Waals surface area contributed by atoms with Gasteiger partial charge in [0.25, 0.3) is 11.5 Å². The van der Waals surface area contributed by atoms with E-state index >= 15 is 0 Å². The van der Waals surface area contributed by atoms with Gasteiger partial charge < -0.3 is 10.1 Å². The summed E-state index contributed by atoms with van der Waals surface area (Å²) in [5, 5.41) is 3.66. The summed E-state index contributed by atoms with van der Waals surface area (Å²) in [7, 11) is 0. The third kappa shape index (κ3) is 3.41. The van der Waals surface area contributed by atoms with Crippen molar-refractivity contribution in [2.75, 3.05) is 13.2 Å². The molecule has 2 aliphatic rings. The van der Waals surface area contributed by atoms with Gasteiger partial charge in [-0.2, -0.15) is 0 Å². The van der Waals surface area contributed by atoms with Crippen LogP contribution in [0.3, 0.4) is 0 Å². The molecule has 7 heteroatoms. The number of aryl methyl sites for hydroxylation is 2. The molecule has 156 valence electrons. The Balaban J connectivity index is 1.36. The smallest absolute Gasteiger partial charge is 0.262 e. The summed E-state index contributed by atoms with van der Waals surface area (Å²) >= 11 is 1.33. The number of ether oxygens (including phenoxy) is 1. The molecule has 4 heterocycles. The number of hydrogen-bond acceptors (Lipinski definition) is 5. The Labute approximate surface area is 178 Å². The van der Waals surface area contributed by atoms with E-state index in [-0.39, 0.29) is 17.4 Å². The highest BCUT2D eigenvalue weighted by atomic mass is 32.1. The first-order valence-corrected chi connectivity index (χ1v) is 11.4. The largest absolute Gasteiger partial charge is 0.493 e. The number of para-hydroxylation sites is 1. The molecule has 0 saturated carbocycles. The molecule has 1 aromatic carbocycles. The van der Waals surface area contributed by atoms with Crippen LogP contribution in [0.25, 0.3) is 10.2 Å². The molecule has 0 saturated heterocycles. The van der Waals surface area contributed by atoms with E-state index in [1.165, 1.54) is 16.9 Å². The standard InChI is InChI=1S/C23H25N3O3S/c1-14-19-22(25-18-9-3-2-6-10-26(18)23(19)28)30-20(14)21(27)24-12-15-11-16-7-4-5-8-17(16)29-13-15/h4-5,7-8,15H,2-3,6,9-13H2,1H3,(H,24,27). The predicted octanol–water partition coefficient (Wildman–Crippen LogP) is 3.47. The molecule has 0 fully saturated rings. The van der Waals surface area contributed by atoms with Crippen molar-refractivity contribution in [3.05, 3.63) is 56.4 Å². The highest BCUT2D eigenvalue weighted by Crippen LogP contribution is 2.29. The molecule has 1 N–H and O–H groups in total. The molecule has 1 amide bonds. The van der Waals surface area contributed by atoms with Crippen molar-refractivity contribution in [1.82, 2.24) is 14.9 Å². The number of nitrogens with one attached hydrogen (secondary N) is 1. The molecule has 3 aromatic rings. The van der Waals surface area contributed by atoms with Gasteiger partial charge in [-0.25, -0.2) is 4.98 Å². The Bertz CT molecular complexity index is 1180. The second-order valence-electron chi connectivity index (χ2n) is 8.23. The van der Waals surface area contributed by atoms with Crippen molar-refractivity contribution < 1.29 is 9.53 Å². The number of carbonyl (C=O) groups is 1. The van der Waals surface area contributed by atoms with Crippen molar-refractivity contribution in [3.63, 3.8) is 0 Å². The van der Waals surface area contributed by atoms with Gasteiger partial charge in [0.1, 0.15) is 16.4 Å². The third-order valence-corrected chi connectivity index (χ3v) is 7.31. The predicted molar refractivity (Wildman–Crippen MR) is 118 cm³/mol. The Hall–Kier alpha value is -2.67. The SMILES string of the molecule is Cc1c(C(=O)NCC2COc3ccccc3C2)sc2nc3n(c(=O)c12)CCCCC3. The lowest BCUT2D eigenvalue weighted by Gasteiger charge is -2.25. The minimum Gasteiger partial charge on any atom is -0.493 e. The zero-order chi connectivity index (χ0) is 20.7. The fourth-order valence-electron chi connectivity index (χ4n) is 4.47. The van der Waals surface area contributed by atoms with Crippen LogP contribution in [0.2, 0.25) is 0 Å². The molecule has 2 aromatic heterocycles. The van der Waals surface area contributed by atoms with Crippen LogP contribution in [0.5, 0.6) is 5.75 Å². The highest BCUT2D eigenvalue weighted by Gasteiger charge is 2.24. The zero-order valence-corrected chi connectivity index (χ0v) is 17.9. The van der Waals surface area contributed by atoms with Crippen molar-refractivity contribution in [2.45, 2.75) is 45.6 Å². The van der Waals surface area contributed by atoms with Gasteiger partial charge in [0.05, 0.1) is 16.9 Å². The third-order valence-electron chi connectivity index (χ3n) is 6.12. The van der Waals surface area contributed by atoms with E-state index in [1.807, 2.05) is 29.7 Å². The number of amides is 1. The lowest BCUT2D eigenvalue weighted by atomic mass is 9.97. The maximum absolute atomic E-state index is 13.1. The van der Waals surface area contributed by atoms with Gasteiger partial charge in [-0.15, -0.1) is 11.3 Å². The van der Waals surface area contributed by atoms with Crippen molar-refractivity contribution in [2.24, 2.45) is 5.92 Å². The molecule has 5 rings (SSSR count). The molecular formula is C23H25N3O3S. The topological polar surface area (TPSA) is 73.2 Å². The van der Waals surface area contributed by atoms with Crippen molar-refractivity contribution in [3.8, 4) is 5.75 Å². The van der Waals surface area contributed by atoms with Crippen LogP contribution in [-0.2, 0) is 19.4 Å². The summed E-state index contributed by atoms with van der Waals surface area (Å²) in [6, 6.07) is 8.04. The van der Waals surface area contributed by atoms with Gasteiger partial charge in [-0.3, -0.25) is 14.2 Å². The molecule has 6 nitrogen and oxygen atoms in total. The monoisotopic (exact) mass is 423 g/mol. The molecule has 0 aliphatic carbocycles. The van der Waals surface area contributed by atoms with Crippen LogP contribution in [0.4, 0.5) is 0 Å². The van der Waals surface area contributed by atoms with E-state index in [2.05, 4.69) is 11.4 Å². The fraction of sp³-hybridized carbons (Fsp3) is 0.435. The van der Waals surface area contributed by atoms with Crippen LogP contribution in [0, 0.1) is 12.8 Å². The average Bonchev–Trinajstić information content (AvgIpc) is 2.93. The Morgan fingerprint density at radius 1 is 1.30 bits per heavy atom. The molecule has 30 heavy (non-hydrogen) atoms. The fourth-order valence-corrected chi connectivity index (χ4v) is 5.57. The zero-order valence-electron chi connectivity index (χ0n) is 17.1. The molecule has 1 unspecified atom stereocenters. The van der Waals surface area contributed by atoms with E-state index in [1.54, 1.807) is 0 Å². The number of nitrogens with zero attached hydrogens (tertiary/aromatic N) is 2. The Kier molecular flexibility index (Phi) is 5.06. The van der Waals surface area contributed by atoms with Gasteiger partial charge >= 0.3 is 0 Å².